The van der Waals surface area contributed by atoms with Gasteiger partial charge in [0.1, 0.15) is 6.61 Å². The minimum atomic E-state index is -0.997. The first-order valence-corrected chi connectivity index (χ1v) is 13.5. The van der Waals surface area contributed by atoms with Gasteiger partial charge in [-0.3, -0.25) is 4.79 Å². The lowest BCUT2D eigenvalue weighted by Crippen LogP contribution is -2.52. The van der Waals surface area contributed by atoms with E-state index in [0.717, 1.165) is 37.7 Å². The predicted octanol–water partition coefficient (Wildman–Crippen LogP) is 5.36. The summed E-state index contributed by atoms with van der Waals surface area (Å²) in [5.41, 5.74) is 0.897. The zero-order valence-corrected chi connectivity index (χ0v) is 22.2. The van der Waals surface area contributed by atoms with Crippen molar-refractivity contribution in [2.45, 2.75) is 70.4 Å². The van der Waals surface area contributed by atoms with E-state index in [9.17, 15) is 19.5 Å². The standard InChI is InChI=1S/C27H40ClN3O5/c1-19(32)18-36-25(21-10-6-12-23(28)15-21)22-11-7-13-31(16-22)26(33)29-24(17-30(2)27(34)35)14-20-8-4-3-5-9-20/h6,10,12,15,20,22,24-25H,3-5,7-9,11,13-14,16-18H2,1-2H3,(H,29,33)(H,34,35)/t22-,24+,25+/m1/s1. The van der Waals surface area contributed by atoms with Crippen molar-refractivity contribution >= 4 is 29.5 Å². The van der Waals surface area contributed by atoms with Gasteiger partial charge >= 0.3 is 12.1 Å². The molecule has 0 bridgehead atoms. The lowest BCUT2D eigenvalue weighted by Gasteiger charge is -2.38. The lowest BCUT2D eigenvalue weighted by molar-refractivity contribution is -0.125. The summed E-state index contributed by atoms with van der Waals surface area (Å²) in [5, 5.41) is 13.1. The molecular weight excluding hydrogens is 482 g/mol. The Kier molecular flexibility index (Phi) is 10.9. The molecule has 1 aliphatic carbocycles. The number of piperidine rings is 1. The van der Waals surface area contributed by atoms with E-state index in [2.05, 4.69) is 5.32 Å². The molecule has 1 aromatic rings. The summed E-state index contributed by atoms with van der Waals surface area (Å²) in [6.07, 6.45) is 7.02. The number of likely N-dealkylation sites (tertiary alicyclic amines) is 1. The van der Waals surface area contributed by atoms with Gasteiger partial charge in [0.05, 0.1) is 6.10 Å². The van der Waals surface area contributed by atoms with E-state index >= 15 is 0 Å². The van der Waals surface area contributed by atoms with Crippen LogP contribution in [-0.4, -0.2) is 72.1 Å². The number of likely N-dealkylation sites (N-methyl/N-ethyl adjacent to an activating group) is 1. The van der Waals surface area contributed by atoms with Crippen LogP contribution in [0.3, 0.4) is 0 Å². The minimum Gasteiger partial charge on any atom is -0.465 e. The van der Waals surface area contributed by atoms with Crippen molar-refractivity contribution in [3.8, 4) is 0 Å². The third-order valence-electron chi connectivity index (χ3n) is 7.31. The Morgan fingerprint density at radius 3 is 2.61 bits per heavy atom. The Labute approximate surface area is 219 Å². The number of hydrogen-bond donors (Lipinski definition) is 2. The number of ketones is 1. The van der Waals surface area contributed by atoms with E-state index in [4.69, 9.17) is 16.3 Å². The summed E-state index contributed by atoms with van der Waals surface area (Å²) in [4.78, 5) is 39.5. The van der Waals surface area contributed by atoms with Crippen LogP contribution in [0.4, 0.5) is 9.59 Å². The van der Waals surface area contributed by atoms with Crippen LogP contribution >= 0.6 is 11.6 Å². The van der Waals surface area contributed by atoms with Gasteiger partial charge in [0, 0.05) is 43.7 Å². The second-order valence-electron chi connectivity index (χ2n) is 10.4. The molecule has 0 unspecified atom stereocenters. The minimum absolute atomic E-state index is 0.00482. The molecular formula is C27H40ClN3O5. The van der Waals surface area contributed by atoms with E-state index in [1.54, 1.807) is 18.0 Å². The van der Waals surface area contributed by atoms with E-state index in [1.807, 2.05) is 18.2 Å². The smallest absolute Gasteiger partial charge is 0.407 e. The molecule has 200 valence electrons. The van der Waals surface area contributed by atoms with Crippen LogP contribution in [0.2, 0.25) is 5.02 Å². The predicted molar refractivity (Wildman–Crippen MR) is 139 cm³/mol. The van der Waals surface area contributed by atoms with Crippen LogP contribution in [0.15, 0.2) is 24.3 Å². The van der Waals surface area contributed by atoms with Crippen LogP contribution in [0, 0.1) is 11.8 Å². The average molecular weight is 522 g/mol. The molecule has 1 aromatic carbocycles. The maximum absolute atomic E-state index is 13.4. The largest absolute Gasteiger partial charge is 0.465 e. The molecule has 3 atom stereocenters. The van der Waals surface area contributed by atoms with Crippen molar-refractivity contribution in [1.29, 1.82) is 0 Å². The van der Waals surface area contributed by atoms with Gasteiger partial charge in [0.15, 0.2) is 5.78 Å². The molecule has 1 saturated heterocycles. The summed E-state index contributed by atoms with van der Waals surface area (Å²) < 4.78 is 6.03. The van der Waals surface area contributed by atoms with Gasteiger partial charge in [-0.25, -0.2) is 9.59 Å². The number of halogens is 1. The maximum atomic E-state index is 13.4. The first kappa shape index (κ1) is 28.3. The number of urea groups is 1. The van der Waals surface area contributed by atoms with Crippen molar-refractivity contribution < 1.29 is 24.2 Å². The topological polar surface area (TPSA) is 99.2 Å². The highest BCUT2D eigenvalue weighted by Crippen LogP contribution is 2.34. The first-order chi connectivity index (χ1) is 17.2. The van der Waals surface area contributed by atoms with Crippen LogP contribution in [-0.2, 0) is 9.53 Å². The van der Waals surface area contributed by atoms with Gasteiger partial charge in [0.25, 0.3) is 0 Å². The average Bonchev–Trinajstić information content (AvgIpc) is 2.84. The van der Waals surface area contributed by atoms with Gasteiger partial charge in [-0.1, -0.05) is 55.8 Å². The first-order valence-electron chi connectivity index (χ1n) is 13.1. The molecule has 0 spiro atoms. The van der Waals surface area contributed by atoms with Crippen molar-refractivity contribution in [3.05, 3.63) is 34.9 Å². The van der Waals surface area contributed by atoms with Crippen molar-refractivity contribution in [3.63, 3.8) is 0 Å². The van der Waals surface area contributed by atoms with Crippen molar-refractivity contribution in [2.24, 2.45) is 11.8 Å². The quantitative estimate of drug-likeness (QED) is 0.432. The fourth-order valence-corrected chi connectivity index (χ4v) is 5.71. The second-order valence-corrected chi connectivity index (χ2v) is 10.8. The molecule has 1 aliphatic heterocycles. The summed E-state index contributed by atoms with van der Waals surface area (Å²) in [6, 6.07) is 7.05. The van der Waals surface area contributed by atoms with Crippen LogP contribution < -0.4 is 5.32 Å². The zero-order chi connectivity index (χ0) is 26.1. The van der Waals surface area contributed by atoms with Crippen molar-refractivity contribution in [1.82, 2.24) is 15.1 Å². The fraction of sp³-hybridized carbons (Fsp3) is 0.667. The summed E-state index contributed by atoms with van der Waals surface area (Å²) in [6.45, 7) is 2.89. The summed E-state index contributed by atoms with van der Waals surface area (Å²) >= 11 is 6.23. The lowest BCUT2D eigenvalue weighted by atomic mass is 9.84. The molecule has 3 rings (SSSR count). The molecule has 0 aromatic heterocycles. The number of nitrogens with zero attached hydrogens (tertiary/aromatic N) is 2. The van der Waals surface area contributed by atoms with E-state index in [-0.39, 0.29) is 43.0 Å². The van der Waals surface area contributed by atoms with E-state index < -0.39 is 6.09 Å². The summed E-state index contributed by atoms with van der Waals surface area (Å²) in [5.74, 6) is 0.467. The Hall–Kier alpha value is -2.32. The highest BCUT2D eigenvalue weighted by Gasteiger charge is 2.33. The SMILES string of the molecule is CC(=O)CO[C@@H](c1cccc(Cl)c1)[C@@H]1CCCN(C(=O)N[C@@H](CC2CCCCC2)CN(C)C(=O)O)C1. The molecule has 0 radical (unpaired) electrons. The highest BCUT2D eigenvalue weighted by atomic mass is 35.5. The molecule has 2 aliphatic rings. The Morgan fingerprint density at radius 2 is 1.94 bits per heavy atom. The molecule has 3 amide bonds. The zero-order valence-electron chi connectivity index (χ0n) is 21.5. The van der Waals surface area contributed by atoms with Gasteiger partial charge in [-0.2, -0.15) is 0 Å². The summed E-state index contributed by atoms with van der Waals surface area (Å²) in [7, 11) is 1.54. The second kappa shape index (κ2) is 13.8. The van der Waals surface area contributed by atoms with Gasteiger partial charge in [0.2, 0.25) is 0 Å². The fourth-order valence-electron chi connectivity index (χ4n) is 5.52. The molecule has 2 fully saturated rings. The van der Waals surface area contributed by atoms with Crippen LogP contribution in [0.5, 0.6) is 0 Å². The number of carbonyl (C=O) groups excluding carboxylic acids is 2. The van der Waals surface area contributed by atoms with Crippen LogP contribution in [0.25, 0.3) is 0 Å². The van der Waals surface area contributed by atoms with Gasteiger partial charge < -0.3 is 25.0 Å². The number of ether oxygens (including phenoxy) is 1. The van der Waals surface area contributed by atoms with E-state index in [1.165, 1.54) is 31.1 Å². The number of amides is 3. The number of Topliss-reactive ketones (excluding diaryl/α,β-unsaturated/α-hetero) is 1. The third kappa shape index (κ3) is 8.66. The maximum Gasteiger partial charge on any atom is 0.407 e. The monoisotopic (exact) mass is 521 g/mol. The Morgan fingerprint density at radius 1 is 1.19 bits per heavy atom. The Bertz CT molecular complexity index is 892. The van der Waals surface area contributed by atoms with Crippen molar-refractivity contribution in [2.75, 3.05) is 33.3 Å². The van der Waals surface area contributed by atoms with Gasteiger partial charge in [-0.15, -0.1) is 0 Å². The number of carbonyl (C=O) groups is 3. The number of nitrogens with one attached hydrogen (secondary N) is 1. The van der Waals surface area contributed by atoms with E-state index in [0.29, 0.717) is 24.0 Å². The molecule has 8 nitrogen and oxygen atoms in total. The molecule has 1 saturated carbocycles. The molecule has 9 heteroatoms. The molecule has 1 heterocycles. The number of benzene rings is 1. The molecule has 36 heavy (non-hydrogen) atoms. The number of carboxylic acid groups (broad SMARTS) is 1. The van der Waals surface area contributed by atoms with Gasteiger partial charge in [-0.05, 0) is 49.8 Å². The Balaban J connectivity index is 1.68. The van der Waals surface area contributed by atoms with Crippen LogP contribution in [0.1, 0.15) is 70.0 Å². The third-order valence-corrected chi connectivity index (χ3v) is 7.54. The molecule has 2 N–H and O–H groups in total. The normalized spacial score (nSPS) is 20.4. The number of rotatable bonds is 10. The highest BCUT2D eigenvalue weighted by molar-refractivity contribution is 6.30. The number of hydrogen-bond acceptors (Lipinski definition) is 4.